The summed E-state index contributed by atoms with van der Waals surface area (Å²) in [5, 5.41) is 0. The maximum atomic E-state index is 12.3. The minimum atomic E-state index is -3.45. The van der Waals surface area contributed by atoms with Crippen LogP contribution in [0.3, 0.4) is 0 Å². The highest BCUT2D eigenvalue weighted by Crippen LogP contribution is 2.42. The van der Waals surface area contributed by atoms with E-state index in [-0.39, 0.29) is 10.8 Å². The number of benzene rings is 1. The van der Waals surface area contributed by atoms with E-state index in [9.17, 15) is 8.42 Å². The third-order valence-corrected chi connectivity index (χ3v) is 6.79. The molecule has 20 heavy (non-hydrogen) atoms. The van der Waals surface area contributed by atoms with Crippen molar-refractivity contribution in [1.29, 1.82) is 0 Å². The third kappa shape index (κ3) is 3.36. The van der Waals surface area contributed by atoms with Gasteiger partial charge < -0.3 is 5.73 Å². The first kappa shape index (κ1) is 15.8. The predicted octanol–water partition coefficient (Wildman–Crippen LogP) is 2.27. The fourth-order valence-corrected chi connectivity index (χ4v) is 4.49. The van der Waals surface area contributed by atoms with E-state index in [1.165, 1.54) is 6.42 Å². The SMILES string of the molecule is CSC1(CNS(=O)(=O)c2cccc(C(C)N)c2)CCC1. The Bertz CT molecular complexity index is 561. The summed E-state index contributed by atoms with van der Waals surface area (Å²) in [7, 11) is -3.45. The zero-order valence-electron chi connectivity index (χ0n) is 11.9. The molecule has 112 valence electrons. The zero-order chi connectivity index (χ0) is 14.8. The van der Waals surface area contributed by atoms with Gasteiger partial charge in [-0.25, -0.2) is 13.1 Å². The molecule has 4 nitrogen and oxygen atoms in total. The van der Waals surface area contributed by atoms with Gasteiger partial charge in [-0.05, 0) is 43.7 Å². The van der Waals surface area contributed by atoms with E-state index in [1.54, 1.807) is 30.0 Å². The molecule has 1 unspecified atom stereocenters. The monoisotopic (exact) mass is 314 g/mol. The molecule has 0 aliphatic heterocycles. The van der Waals surface area contributed by atoms with E-state index in [0.29, 0.717) is 11.4 Å². The highest BCUT2D eigenvalue weighted by molar-refractivity contribution is 8.00. The Morgan fingerprint density at radius 2 is 2.15 bits per heavy atom. The number of sulfonamides is 1. The number of hydrogen-bond acceptors (Lipinski definition) is 4. The number of hydrogen-bond donors (Lipinski definition) is 2. The van der Waals surface area contributed by atoms with Gasteiger partial charge in [0.05, 0.1) is 4.90 Å². The van der Waals surface area contributed by atoms with E-state index in [4.69, 9.17) is 5.73 Å². The van der Waals surface area contributed by atoms with Crippen LogP contribution in [0, 0.1) is 0 Å². The van der Waals surface area contributed by atoms with Gasteiger partial charge in [0.15, 0.2) is 0 Å². The molecule has 1 saturated carbocycles. The molecule has 1 aromatic carbocycles. The summed E-state index contributed by atoms with van der Waals surface area (Å²) in [5.74, 6) is 0. The molecule has 2 rings (SSSR count). The summed E-state index contributed by atoms with van der Waals surface area (Å²) in [6, 6.07) is 6.68. The minimum absolute atomic E-state index is 0.0891. The van der Waals surface area contributed by atoms with Gasteiger partial charge in [-0.15, -0.1) is 0 Å². The van der Waals surface area contributed by atoms with Crippen molar-refractivity contribution >= 4 is 21.8 Å². The molecular formula is C14H22N2O2S2. The number of nitrogens with one attached hydrogen (secondary N) is 1. The highest BCUT2D eigenvalue weighted by Gasteiger charge is 2.37. The molecule has 0 spiro atoms. The van der Waals surface area contributed by atoms with Crippen LogP contribution in [0.25, 0.3) is 0 Å². The molecule has 0 heterocycles. The second kappa shape index (κ2) is 6.05. The molecule has 0 saturated heterocycles. The normalized spacial score (nSPS) is 19.4. The Balaban J connectivity index is 2.12. The molecule has 1 aliphatic carbocycles. The van der Waals surface area contributed by atoms with Crippen molar-refractivity contribution in [2.45, 2.75) is 41.9 Å². The molecule has 6 heteroatoms. The van der Waals surface area contributed by atoms with Gasteiger partial charge in [-0.3, -0.25) is 0 Å². The molecule has 1 aromatic rings. The van der Waals surface area contributed by atoms with E-state index in [0.717, 1.165) is 18.4 Å². The van der Waals surface area contributed by atoms with Crippen LogP contribution in [0.15, 0.2) is 29.2 Å². The van der Waals surface area contributed by atoms with Crippen molar-refractivity contribution in [3.63, 3.8) is 0 Å². The molecular weight excluding hydrogens is 292 g/mol. The van der Waals surface area contributed by atoms with Crippen molar-refractivity contribution in [3.05, 3.63) is 29.8 Å². The number of thioether (sulfide) groups is 1. The summed E-state index contributed by atoms with van der Waals surface area (Å²) in [4.78, 5) is 0.294. The Labute approximate surface area is 125 Å². The molecule has 1 atom stereocenters. The summed E-state index contributed by atoms with van der Waals surface area (Å²) in [6.07, 6.45) is 5.39. The molecule has 0 bridgehead atoms. The summed E-state index contributed by atoms with van der Waals surface area (Å²) in [5.41, 5.74) is 6.63. The topological polar surface area (TPSA) is 72.2 Å². The quantitative estimate of drug-likeness (QED) is 0.845. The maximum absolute atomic E-state index is 12.3. The van der Waals surface area contributed by atoms with Crippen LogP contribution >= 0.6 is 11.8 Å². The first-order chi connectivity index (χ1) is 9.38. The number of rotatable bonds is 6. The first-order valence-electron chi connectivity index (χ1n) is 6.79. The maximum Gasteiger partial charge on any atom is 0.240 e. The second-order valence-corrected chi connectivity index (χ2v) is 8.47. The van der Waals surface area contributed by atoms with Gasteiger partial charge in [-0.2, -0.15) is 11.8 Å². The standard InChI is InChI=1S/C14H22N2O2S2/c1-11(15)12-5-3-6-13(9-12)20(17,18)16-10-14(19-2)7-4-8-14/h3,5-6,9,11,16H,4,7-8,10,15H2,1-2H3. The smallest absolute Gasteiger partial charge is 0.240 e. The highest BCUT2D eigenvalue weighted by atomic mass is 32.2. The Kier molecular flexibility index (Phi) is 4.79. The van der Waals surface area contributed by atoms with Crippen molar-refractivity contribution < 1.29 is 8.42 Å². The van der Waals surface area contributed by atoms with E-state index < -0.39 is 10.0 Å². The summed E-state index contributed by atoms with van der Waals surface area (Å²) < 4.78 is 27.5. The minimum Gasteiger partial charge on any atom is -0.324 e. The van der Waals surface area contributed by atoms with Crippen LogP contribution in [-0.4, -0.2) is 26.0 Å². The van der Waals surface area contributed by atoms with Crippen molar-refractivity contribution in [3.8, 4) is 0 Å². The summed E-state index contributed by atoms with van der Waals surface area (Å²) >= 11 is 1.76. The second-order valence-electron chi connectivity index (χ2n) is 5.43. The van der Waals surface area contributed by atoms with Gasteiger partial charge in [-0.1, -0.05) is 18.6 Å². The Morgan fingerprint density at radius 3 is 2.65 bits per heavy atom. The zero-order valence-corrected chi connectivity index (χ0v) is 13.6. The molecule has 0 radical (unpaired) electrons. The van der Waals surface area contributed by atoms with E-state index >= 15 is 0 Å². The van der Waals surface area contributed by atoms with Crippen molar-refractivity contribution in [2.75, 3.05) is 12.8 Å². The van der Waals surface area contributed by atoms with Crippen molar-refractivity contribution in [2.24, 2.45) is 5.73 Å². The van der Waals surface area contributed by atoms with Gasteiger partial charge >= 0.3 is 0 Å². The average molecular weight is 314 g/mol. The fraction of sp³-hybridized carbons (Fsp3) is 0.571. The number of nitrogens with two attached hydrogens (primary N) is 1. The van der Waals surface area contributed by atoms with Crippen LogP contribution < -0.4 is 10.5 Å². The fourth-order valence-electron chi connectivity index (χ4n) is 2.30. The van der Waals surface area contributed by atoms with Crippen LogP contribution in [0.2, 0.25) is 0 Å². The van der Waals surface area contributed by atoms with Crippen LogP contribution in [0.5, 0.6) is 0 Å². The van der Waals surface area contributed by atoms with Gasteiger partial charge in [0.1, 0.15) is 0 Å². The van der Waals surface area contributed by atoms with Gasteiger partial charge in [0.25, 0.3) is 0 Å². The van der Waals surface area contributed by atoms with Gasteiger partial charge in [0, 0.05) is 17.3 Å². The molecule has 1 aliphatic rings. The molecule has 0 aromatic heterocycles. The largest absolute Gasteiger partial charge is 0.324 e. The molecule has 1 fully saturated rings. The Hall–Kier alpha value is -0.560. The molecule has 3 N–H and O–H groups in total. The lowest BCUT2D eigenvalue weighted by Crippen LogP contribution is -2.45. The first-order valence-corrected chi connectivity index (χ1v) is 9.50. The average Bonchev–Trinajstić information content (AvgIpc) is 2.38. The predicted molar refractivity (Wildman–Crippen MR) is 84.3 cm³/mol. The van der Waals surface area contributed by atoms with E-state index in [2.05, 4.69) is 4.72 Å². The lowest BCUT2D eigenvalue weighted by atomic mass is 9.84. The lowest BCUT2D eigenvalue weighted by molar-refractivity contribution is 0.362. The van der Waals surface area contributed by atoms with Crippen molar-refractivity contribution in [1.82, 2.24) is 4.72 Å². The molecule has 0 amide bonds. The van der Waals surface area contributed by atoms with Gasteiger partial charge in [0.2, 0.25) is 10.0 Å². The van der Waals surface area contributed by atoms with Crippen LogP contribution in [0.4, 0.5) is 0 Å². The Morgan fingerprint density at radius 1 is 1.45 bits per heavy atom. The lowest BCUT2D eigenvalue weighted by Gasteiger charge is -2.40. The third-order valence-electron chi connectivity index (χ3n) is 3.98. The summed E-state index contributed by atoms with van der Waals surface area (Å²) in [6.45, 7) is 2.34. The van der Waals surface area contributed by atoms with Crippen LogP contribution in [0.1, 0.15) is 37.8 Å². The van der Waals surface area contributed by atoms with Crippen LogP contribution in [-0.2, 0) is 10.0 Å². The van der Waals surface area contributed by atoms with E-state index in [1.807, 2.05) is 19.2 Å².